The average molecular weight is 434 g/mol. The van der Waals surface area contributed by atoms with Crippen molar-refractivity contribution < 1.29 is 19.0 Å². The number of amides is 1. The van der Waals surface area contributed by atoms with Crippen LogP contribution in [-0.2, 0) is 12.0 Å². The molecule has 0 unspecified atom stereocenters. The lowest BCUT2D eigenvalue weighted by Crippen LogP contribution is -2.13. The number of hydrogen-bond acceptors (Lipinski definition) is 4. The van der Waals surface area contributed by atoms with Crippen LogP contribution in [-0.4, -0.2) is 19.6 Å². The second-order valence-corrected chi connectivity index (χ2v) is 8.50. The van der Waals surface area contributed by atoms with Gasteiger partial charge in [0.1, 0.15) is 23.9 Å². The van der Waals surface area contributed by atoms with Gasteiger partial charge in [0, 0.05) is 16.8 Å². The van der Waals surface area contributed by atoms with Crippen LogP contribution in [0.4, 0.5) is 5.69 Å². The molecule has 0 aromatic heterocycles. The molecule has 0 saturated heterocycles. The molecule has 0 heterocycles. The van der Waals surface area contributed by atoms with E-state index in [1.807, 2.05) is 43.3 Å². The van der Waals surface area contributed by atoms with Crippen LogP contribution in [0.25, 0.3) is 0 Å². The monoisotopic (exact) mass is 433 g/mol. The minimum absolute atomic E-state index is 0.0901. The maximum Gasteiger partial charge on any atom is 0.255 e. The first-order chi connectivity index (χ1) is 15.3. The van der Waals surface area contributed by atoms with Gasteiger partial charge in [-0.3, -0.25) is 4.79 Å². The molecule has 168 valence electrons. The second-order valence-electron chi connectivity index (χ2n) is 8.50. The SMILES string of the molecule is CCOc1ccc(NC(=O)c2ccc(OC)c(COc3ccc(C(C)(C)C)cc3)c2)cc1. The van der Waals surface area contributed by atoms with E-state index < -0.39 is 0 Å². The van der Waals surface area contributed by atoms with Gasteiger partial charge in [-0.1, -0.05) is 32.9 Å². The zero-order valence-corrected chi connectivity index (χ0v) is 19.4. The number of benzene rings is 3. The topological polar surface area (TPSA) is 56.8 Å². The molecular formula is C27H31NO4. The molecule has 5 nitrogen and oxygen atoms in total. The molecule has 0 atom stereocenters. The first-order valence-corrected chi connectivity index (χ1v) is 10.7. The summed E-state index contributed by atoms with van der Waals surface area (Å²) in [7, 11) is 1.61. The fourth-order valence-corrected chi connectivity index (χ4v) is 3.25. The number of rotatable bonds is 8. The van der Waals surface area contributed by atoms with Gasteiger partial charge in [0.05, 0.1) is 13.7 Å². The second kappa shape index (κ2) is 10.2. The van der Waals surface area contributed by atoms with Crippen LogP contribution >= 0.6 is 0 Å². The predicted molar refractivity (Wildman–Crippen MR) is 128 cm³/mol. The Bertz CT molecular complexity index is 1030. The number of hydrogen-bond donors (Lipinski definition) is 1. The first kappa shape index (κ1) is 23.2. The third-order valence-electron chi connectivity index (χ3n) is 5.08. The highest BCUT2D eigenvalue weighted by molar-refractivity contribution is 6.04. The van der Waals surface area contributed by atoms with E-state index in [4.69, 9.17) is 14.2 Å². The molecule has 0 aliphatic rings. The van der Waals surface area contributed by atoms with Crippen molar-refractivity contribution in [1.82, 2.24) is 0 Å². The van der Waals surface area contributed by atoms with Gasteiger partial charge in [-0.25, -0.2) is 0 Å². The molecule has 3 aromatic rings. The van der Waals surface area contributed by atoms with Crippen molar-refractivity contribution in [2.45, 2.75) is 39.7 Å². The van der Waals surface area contributed by atoms with Crippen LogP contribution in [0, 0.1) is 0 Å². The molecule has 0 saturated carbocycles. The van der Waals surface area contributed by atoms with Crippen LogP contribution < -0.4 is 19.5 Å². The summed E-state index contributed by atoms with van der Waals surface area (Å²) in [5.74, 6) is 2.01. The molecule has 5 heteroatoms. The lowest BCUT2D eigenvalue weighted by Gasteiger charge is -2.19. The fourth-order valence-electron chi connectivity index (χ4n) is 3.25. The molecule has 0 fully saturated rings. The van der Waals surface area contributed by atoms with E-state index in [1.165, 1.54) is 5.56 Å². The van der Waals surface area contributed by atoms with Crippen molar-refractivity contribution in [3.8, 4) is 17.2 Å². The quantitative estimate of drug-likeness (QED) is 0.458. The van der Waals surface area contributed by atoms with Crippen molar-refractivity contribution in [2.75, 3.05) is 19.0 Å². The van der Waals surface area contributed by atoms with Gasteiger partial charge in [-0.05, 0) is 72.5 Å². The van der Waals surface area contributed by atoms with Gasteiger partial charge < -0.3 is 19.5 Å². The summed E-state index contributed by atoms with van der Waals surface area (Å²) in [4.78, 5) is 12.8. The molecule has 0 spiro atoms. The van der Waals surface area contributed by atoms with Crippen LogP contribution in [0.5, 0.6) is 17.2 Å². The lowest BCUT2D eigenvalue weighted by atomic mass is 9.87. The molecule has 32 heavy (non-hydrogen) atoms. The van der Waals surface area contributed by atoms with Gasteiger partial charge in [0.25, 0.3) is 5.91 Å². The van der Waals surface area contributed by atoms with Crippen LogP contribution in [0.1, 0.15) is 49.2 Å². The van der Waals surface area contributed by atoms with Crippen molar-refractivity contribution in [3.05, 3.63) is 83.4 Å². The molecule has 0 aliphatic carbocycles. The van der Waals surface area contributed by atoms with Crippen molar-refractivity contribution in [3.63, 3.8) is 0 Å². The van der Waals surface area contributed by atoms with E-state index >= 15 is 0 Å². The molecule has 1 amide bonds. The molecular weight excluding hydrogens is 402 g/mol. The number of carbonyl (C=O) groups excluding carboxylic acids is 1. The zero-order chi connectivity index (χ0) is 23.1. The highest BCUT2D eigenvalue weighted by Crippen LogP contribution is 2.26. The van der Waals surface area contributed by atoms with E-state index in [9.17, 15) is 4.79 Å². The van der Waals surface area contributed by atoms with Crippen molar-refractivity contribution >= 4 is 11.6 Å². The molecule has 3 rings (SSSR count). The van der Waals surface area contributed by atoms with Crippen LogP contribution in [0.2, 0.25) is 0 Å². The Kier molecular flexibility index (Phi) is 7.41. The molecule has 0 radical (unpaired) electrons. The maximum absolute atomic E-state index is 12.8. The Morgan fingerprint density at radius 2 is 1.50 bits per heavy atom. The minimum Gasteiger partial charge on any atom is -0.496 e. The first-order valence-electron chi connectivity index (χ1n) is 10.7. The molecule has 3 aromatic carbocycles. The highest BCUT2D eigenvalue weighted by atomic mass is 16.5. The van der Waals surface area contributed by atoms with Gasteiger partial charge in [-0.15, -0.1) is 0 Å². The summed E-state index contributed by atoms with van der Waals surface area (Å²) < 4.78 is 16.9. The normalized spacial score (nSPS) is 11.0. The van der Waals surface area contributed by atoms with Gasteiger partial charge in [-0.2, -0.15) is 0 Å². The summed E-state index contributed by atoms with van der Waals surface area (Å²) >= 11 is 0. The summed E-state index contributed by atoms with van der Waals surface area (Å²) in [5.41, 5.74) is 3.36. The summed E-state index contributed by atoms with van der Waals surface area (Å²) in [5, 5.41) is 2.91. The summed E-state index contributed by atoms with van der Waals surface area (Å²) in [6.45, 7) is 9.36. The predicted octanol–water partition coefficient (Wildman–Crippen LogP) is 6.22. The van der Waals surface area contributed by atoms with Gasteiger partial charge in [0.15, 0.2) is 0 Å². The van der Waals surface area contributed by atoms with E-state index in [0.29, 0.717) is 30.2 Å². The van der Waals surface area contributed by atoms with Gasteiger partial charge >= 0.3 is 0 Å². The number of anilines is 1. The minimum atomic E-state index is -0.201. The third kappa shape index (κ3) is 6.03. The number of methoxy groups -OCH3 is 1. The Morgan fingerprint density at radius 3 is 2.09 bits per heavy atom. The highest BCUT2D eigenvalue weighted by Gasteiger charge is 2.14. The van der Waals surface area contributed by atoms with E-state index in [1.54, 1.807) is 25.3 Å². The van der Waals surface area contributed by atoms with Crippen LogP contribution in [0.15, 0.2) is 66.7 Å². The average Bonchev–Trinajstić information content (AvgIpc) is 2.78. The largest absolute Gasteiger partial charge is 0.496 e. The smallest absolute Gasteiger partial charge is 0.255 e. The fraction of sp³-hybridized carbons (Fsp3) is 0.296. The zero-order valence-electron chi connectivity index (χ0n) is 19.4. The summed E-state index contributed by atoms with van der Waals surface area (Å²) in [6.07, 6.45) is 0. The Labute approximate surface area is 190 Å². The van der Waals surface area contributed by atoms with E-state index in [-0.39, 0.29) is 11.3 Å². The Balaban J connectivity index is 1.69. The standard InChI is InChI=1S/C27H31NO4/c1-6-31-23-14-10-22(11-15-23)28-26(29)19-7-16-25(30-5)20(17-19)18-32-24-12-8-21(9-13-24)27(2,3)4/h7-17H,6,18H2,1-5H3,(H,28,29). The summed E-state index contributed by atoms with van der Waals surface area (Å²) in [6, 6.07) is 20.7. The Morgan fingerprint density at radius 1 is 0.875 bits per heavy atom. The maximum atomic E-state index is 12.8. The van der Waals surface area contributed by atoms with E-state index in [2.05, 4.69) is 38.2 Å². The lowest BCUT2D eigenvalue weighted by molar-refractivity contribution is 0.102. The molecule has 1 N–H and O–H groups in total. The van der Waals surface area contributed by atoms with Crippen LogP contribution in [0.3, 0.4) is 0 Å². The van der Waals surface area contributed by atoms with Crippen molar-refractivity contribution in [2.24, 2.45) is 0 Å². The molecule has 0 aliphatic heterocycles. The number of carbonyl (C=O) groups is 1. The van der Waals surface area contributed by atoms with Gasteiger partial charge in [0.2, 0.25) is 0 Å². The van der Waals surface area contributed by atoms with E-state index in [0.717, 1.165) is 17.1 Å². The molecule has 0 bridgehead atoms. The number of ether oxygens (including phenoxy) is 3. The number of nitrogens with one attached hydrogen (secondary N) is 1. The van der Waals surface area contributed by atoms with Crippen molar-refractivity contribution in [1.29, 1.82) is 0 Å². The third-order valence-corrected chi connectivity index (χ3v) is 5.08. The Hall–Kier alpha value is -3.47.